The van der Waals surface area contributed by atoms with E-state index in [1.54, 1.807) is 0 Å². The molecule has 1 heteroatoms. The molecule has 0 saturated heterocycles. The van der Waals surface area contributed by atoms with Crippen molar-refractivity contribution in [1.82, 2.24) is 0 Å². The second-order valence-corrected chi connectivity index (χ2v) is 4.10. The Morgan fingerprint density at radius 3 is 2.56 bits per heavy atom. The summed E-state index contributed by atoms with van der Waals surface area (Å²) in [6.45, 7) is 5.14. The molecule has 0 amide bonds. The number of ether oxygens (including phenoxy) is 1. The average molecular weight is 218 g/mol. The molecule has 1 rings (SSSR count). The summed E-state index contributed by atoms with van der Waals surface area (Å²) in [4.78, 5) is 0. The van der Waals surface area contributed by atoms with Gasteiger partial charge in [0.25, 0.3) is 0 Å². The van der Waals surface area contributed by atoms with Gasteiger partial charge in [-0.3, -0.25) is 0 Å². The highest BCUT2D eigenvalue weighted by Gasteiger charge is 1.93. The molecule has 0 heterocycles. The molecule has 0 aromatic heterocycles. The van der Waals surface area contributed by atoms with Gasteiger partial charge in [-0.05, 0) is 24.5 Å². The molecular formula is C15H22O. The molecule has 16 heavy (non-hydrogen) atoms. The molecule has 0 saturated carbocycles. The predicted octanol–water partition coefficient (Wildman–Crippen LogP) is 4.64. The molecule has 88 valence electrons. The van der Waals surface area contributed by atoms with Gasteiger partial charge in [0, 0.05) is 0 Å². The summed E-state index contributed by atoms with van der Waals surface area (Å²) < 4.78 is 5.53. The van der Waals surface area contributed by atoms with Crippen LogP contribution in [-0.2, 0) is 4.74 Å². The first-order valence-electron chi connectivity index (χ1n) is 6.18. The smallest absolute Gasteiger partial charge is 0.0873 e. The summed E-state index contributed by atoms with van der Waals surface area (Å²) in [5.41, 5.74) is 2.42. The zero-order valence-electron chi connectivity index (χ0n) is 10.4. The van der Waals surface area contributed by atoms with Crippen molar-refractivity contribution in [2.45, 2.75) is 39.5 Å². The number of unbranched alkanes of at least 4 members (excludes halogenated alkanes) is 3. The van der Waals surface area contributed by atoms with Gasteiger partial charge in [0.2, 0.25) is 0 Å². The number of allylic oxidation sites excluding steroid dienone is 1. The van der Waals surface area contributed by atoms with E-state index in [0.29, 0.717) is 0 Å². The van der Waals surface area contributed by atoms with Crippen molar-refractivity contribution >= 4 is 5.57 Å². The van der Waals surface area contributed by atoms with Gasteiger partial charge in [0.15, 0.2) is 0 Å². The maximum absolute atomic E-state index is 5.53. The van der Waals surface area contributed by atoms with Gasteiger partial charge in [-0.1, -0.05) is 56.5 Å². The Morgan fingerprint density at radius 1 is 1.12 bits per heavy atom. The van der Waals surface area contributed by atoms with Gasteiger partial charge in [0.05, 0.1) is 12.9 Å². The topological polar surface area (TPSA) is 9.23 Å². The fourth-order valence-corrected chi connectivity index (χ4v) is 1.57. The zero-order valence-corrected chi connectivity index (χ0v) is 10.4. The molecule has 0 atom stereocenters. The van der Waals surface area contributed by atoms with Crippen LogP contribution in [0, 0.1) is 0 Å². The van der Waals surface area contributed by atoms with Crippen LogP contribution >= 0.6 is 0 Å². The van der Waals surface area contributed by atoms with E-state index in [9.17, 15) is 0 Å². The van der Waals surface area contributed by atoms with Crippen LogP contribution in [0.5, 0.6) is 0 Å². The van der Waals surface area contributed by atoms with E-state index in [1.807, 2.05) is 24.5 Å². The Hall–Kier alpha value is -1.24. The van der Waals surface area contributed by atoms with Crippen LogP contribution in [0.25, 0.3) is 5.57 Å². The fraction of sp³-hybridized carbons (Fsp3) is 0.467. The van der Waals surface area contributed by atoms with Crippen molar-refractivity contribution in [2.75, 3.05) is 6.61 Å². The molecule has 1 nitrogen and oxygen atoms in total. The summed E-state index contributed by atoms with van der Waals surface area (Å²) in [5, 5.41) is 0. The number of hydrogen-bond donors (Lipinski definition) is 0. The summed E-state index contributed by atoms with van der Waals surface area (Å²) in [6.07, 6.45) is 6.89. The lowest BCUT2D eigenvalue weighted by molar-refractivity contribution is 0.242. The van der Waals surface area contributed by atoms with Crippen LogP contribution in [0.4, 0.5) is 0 Å². The zero-order chi connectivity index (χ0) is 11.6. The second-order valence-electron chi connectivity index (χ2n) is 4.10. The van der Waals surface area contributed by atoms with Crippen molar-refractivity contribution in [3.8, 4) is 0 Å². The van der Waals surface area contributed by atoms with Crippen LogP contribution in [0.1, 0.15) is 45.1 Å². The molecule has 0 bridgehead atoms. The van der Waals surface area contributed by atoms with Gasteiger partial charge in [-0.2, -0.15) is 0 Å². The summed E-state index contributed by atoms with van der Waals surface area (Å²) in [5.74, 6) is 0. The molecular weight excluding hydrogens is 196 g/mol. The molecule has 0 radical (unpaired) electrons. The lowest BCUT2D eigenvalue weighted by Gasteiger charge is -2.03. The minimum absolute atomic E-state index is 0.837. The molecule has 1 aromatic rings. The first kappa shape index (κ1) is 12.8. The Balaban J connectivity index is 2.24. The lowest BCUT2D eigenvalue weighted by atomic mass is 10.1. The van der Waals surface area contributed by atoms with Gasteiger partial charge in [-0.15, -0.1) is 0 Å². The van der Waals surface area contributed by atoms with Crippen molar-refractivity contribution in [3.63, 3.8) is 0 Å². The summed E-state index contributed by atoms with van der Waals surface area (Å²) in [6, 6.07) is 10.3. The van der Waals surface area contributed by atoms with Crippen LogP contribution in [0.15, 0.2) is 36.6 Å². The first-order chi connectivity index (χ1) is 7.84. The van der Waals surface area contributed by atoms with Gasteiger partial charge in [0.1, 0.15) is 0 Å². The second kappa shape index (κ2) is 7.98. The van der Waals surface area contributed by atoms with E-state index in [0.717, 1.165) is 13.0 Å². The summed E-state index contributed by atoms with van der Waals surface area (Å²) in [7, 11) is 0. The largest absolute Gasteiger partial charge is 0.501 e. The minimum atomic E-state index is 0.837. The molecule has 0 fully saturated rings. The SMILES string of the molecule is CCCCCCOC=C(C)c1ccccc1. The third-order valence-corrected chi connectivity index (χ3v) is 2.60. The van der Waals surface area contributed by atoms with E-state index >= 15 is 0 Å². The van der Waals surface area contributed by atoms with E-state index in [4.69, 9.17) is 4.74 Å². The molecule has 0 aliphatic rings. The predicted molar refractivity (Wildman–Crippen MR) is 70.2 cm³/mol. The van der Waals surface area contributed by atoms with Crippen molar-refractivity contribution < 1.29 is 4.74 Å². The highest BCUT2D eigenvalue weighted by Crippen LogP contribution is 2.12. The van der Waals surface area contributed by atoms with E-state index in [2.05, 4.69) is 26.0 Å². The number of hydrogen-bond acceptors (Lipinski definition) is 1. The van der Waals surface area contributed by atoms with Crippen LogP contribution in [0.3, 0.4) is 0 Å². The lowest BCUT2D eigenvalue weighted by Crippen LogP contribution is -1.89. The normalized spacial score (nSPS) is 11.5. The van der Waals surface area contributed by atoms with Gasteiger partial charge < -0.3 is 4.74 Å². The number of benzene rings is 1. The third kappa shape index (κ3) is 5.01. The van der Waals surface area contributed by atoms with Crippen LogP contribution in [-0.4, -0.2) is 6.61 Å². The van der Waals surface area contributed by atoms with Crippen molar-refractivity contribution in [1.29, 1.82) is 0 Å². The molecule has 1 aromatic carbocycles. The molecule has 0 aliphatic heterocycles. The molecule has 0 unspecified atom stereocenters. The quantitative estimate of drug-likeness (QED) is 0.478. The number of rotatable bonds is 7. The Kier molecular flexibility index (Phi) is 6.39. The van der Waals surface area contributed by atoms with Crippen LogP contribution < -0.4 is 0 Å². The third-order valence-electron chi connectivity index (χ3n) is 2.60. The highest BCUT2D eigenvalue weighted by atomic mass is 16.5. The standard InChI is InChI=1S/C15H22O/c1-3-4-5-9-12-16-13-14(2)15-10-7-6-8-11-15/h6-8,10-11,13H,3-5,9,12H2,1-2H3. The Bertz CT molecular complexity index is 300. The molecule has 0 aliphatic carbocycles. The molecule has 0 spiro atoms. The summed E-state index contributed by atoms with van der Waals surface area (Å²) >= 11 is 0. The van der Waals surface area contributed by atoms with Crippen LogP contribution in [0.2, 0.25) is 0 Å². The fourth-order valence-electron chi connectivity index (χ4n) is 1.57. The van der Waals surface area contributed by atoms with E-state index in [1.165, 1.54) is 30.4 Å². The maximum Gasteiger partial charge on any atom is 0.0873 e. The van der Waals surface area contributed by atoms with E-state index < -0.39 is 0 Å². The Morgan fingerprint density at radius 2 is 1.88 bits per heavy atom. The Labute approximate surface area is 99.1 Å². The van der Waals surface area contributed by atoms with Crippen molar-refractivity contribution in [3.05, 3.63) is 42.2 Å². The average Bonchev–Trinajstić information content (AvgIpc) is 2.34. The first-order valence-corrected chi connectivity index (χ1v) is 6.18. The maximum atomic E-state index is 5.53. The highest BCUT2D eigenvalue weighted by molar-refractivity contribution is 5.62. The molecule has 0 N–H and O–H groups in total. The minimum Gasteiger partial charge on any atom is -0.501 e. The van der Waals surface area contributed by atoms with Gasteiger partial charge >= 0.3 is 0 Å². The van der Waals surface area contributed by atoms with E-state index in [-0.39, 0.29) is 0 Å². The van der Waals surface area contributed by atoms with Crippen molar-refractivity contribution in [2.24, 2.45) is 0 Å². The monoisotopic (exact) mass is 218 g/mol. The van der Waals surface area contributed by atoms with Gasteiger partial charge in [-0.25, -0.2) is 0 Å².